The van der Waals surface area contributed by atoms with E-state index in [9.17, 15) is 4.79 Å². The molecule has 2 heterocycles. The van der Waals surface area contributed by atoms with E-state index < -0.39 is 0 Å². The Morgan fingerprint density at radius 1 is 1.52 bits per heavy atom. The van der Waals surface area contributed by atoms with Crippen molar-refractivity contribution in [1.82, 2.24) is 10.2 Å². The zero-order valence-corrected chi connectivity index (χ0v) is 14.4. The Morgan fingerprint density at radius 2 is 2.24 bits per heavy atom. The van der Waals surface area contributed by atoms with E-state index in [1.807, 2.05) is 24.8 Å². The monoisotopic (exact) mass is 310 g/mol. The molecule has 0 aliphatic carbocycles. The normalized spacial score (nSPS) is 24.6. The van der Waals surface area contributed by atoms with Gasteiger partial charge < -0.3 is 9.64 Å². The first kappa shape index (κ1) is 16.5. The van der Waals surface area contributed by atoms with E-state index in [1.165, 1.54) is 4.88 Å². The van der Waals surface area contributed by atoms with Crippen LogP contribution in [0.1, 0.15) is 45.2 Å². The summed E-state index contributed by atoms with van der Waals surface area (Å²) in [5, 5.41) is 5.58. The second-order valence-electron chi connectivity index (χ2n) is 6.38. The third kappa shape index (κ3) is 3.47. The van der Waals surface area contributed by atoms with Crippen LogP contribution >= 0.6 is 11.3 Å². The lowest BCUT2D eigenvalue weighted by Crippen LogP contribution is -2.43. The molecule has 1 fully saturated rings. The van der Waals surface area contributed by atoms with Crippen molar-refractivity contribution >= 4 is 17.2 Å². The summed E-state index contributed by atoms with van der Waals surface area (Å²) in [5.74, 6) is 0.517. The van der Waals surface area contributed by atoms with Gasteiger partial charge in [0.25, 0.3) is 0 Å². The Morgan fingerprint density at radius 3 is 2.76 bits per heavy atom. The first-order valence-corrected chi connectivity index (χ1v) is 8.42. The van der Waals surface area contributed by atoms with Gasteiger partial charge in [0.05, 0.1) is 18.2 Å². The molecular formula is C16H26N2O2S. The fraction of sp³-hybridized carbons (Fsp3) is 0.688. The van der Waals surface area contributed by atoms with Crippen molar-refractivity contribution in [1.29, 1.82) is 0 Å². The Hall–Kier alpha value is -0.910. The van der Waals surface area contributed by atoms with Crippen LogP contribution in [0.3, 0.4) is 0 Å². The molecule has 1 saturated heterocycles. The van der Waals surface area contributed by atoms with Crippen molar-refractivity contribution in [2.45, 2.75) is 51.9 Å². The van der Waals surface area contributed by atoms with Crippen molar-refractivity contribution in [3.63, 3.8) is 0 Å². The maximum atomic E-state index is 12.8. The molecule has 0 bridgehead atoms. The number of carbonyl (C=O) groups excluding carboxylic acids is 1. The Balaban J connectivity index is 2.26. The zero-order chi connectivity index (χ0) is 15.6. The summed E-state index contributed by atoms with van der Waals surface area (Å²) < 4.78 is 5.52. The van der Waals surface area contributed by atoms with Gasteiger partial charge in [-0.05, 0) is 31.2 Å². The number of nitrogens with one attached hydrogen (secondary N) is 1. The van der Waals surface area contributed by atoms with Gasteiger partial charge in [0, 0.05) is 12.0 Å². The number of amides is 1. The minimum absolute atomic E-state index is 0.0362. The molecule has 1 N–H and O–H groups in total. The van der Waals surface area contributed by atoms with Gasteiger partial charge in [-0.25, -0.2) is 0 Å². The molecule has 3 unspecified atom stereocenters. The van der Waals surface area contributed by atoms with Crippen LogP contribution in [0.2, 0.25) is 0 Å². The minimum Gasteiger partial charge on any atom is -0.377 e. The minimum atomic E-state index is -0.350. The van der Waals surface area contributed by atoms with E-state index in [-0.39, 0.29) is 23.7 Å². The Bertz CT molecular complexity index is 473. The van der Waals surface area contributed by atoms with Gasteiger partial charge in [0.2, 0.25) is 5.91 Å². The molecule has 3 atom stereocenters. The average Bonchev–Trinajstić information content (AvgIpc) is 3.08. The van der Waals surface area contributed by atoms with Crippen LogP contribution < -0.4 is 5.32 Å². The van der Waals surface area contributed by atoms with Gasteiger partial charge in [-0.15, -0.1) is 11.3 Å². The summed E-state index contributed by atoms with van der Waals surface area (Å²) in [4.78, 5) is 15.9. The second kappa shape index (κ2) is 6.46. The predicted molar refractivity (Wildman–Crippen MR) is 86.2 cm³/mol. The van der Waals surface area contributed by atoms with Crippen LogP contribution in [0.15, 0.2) is 17.5 Å². The maximum Gasteiger partial charge on any atom is 0.241 e. The van der Waals surface area contributed by atoms with Gasteiger partial charge in [-0.3, -0.25) is 10.1 Å². The highest BCUT2D eigenvalue weighted by atomic mass is 32.1. The third-order valence-electron chi connectivity index (χ3n) is 4.33. The van der Waals surface area contributed by atoms with Crippen LogP contribution in [0.25, 0.3) is 0 Å². The number of methoxy groups -OCH3 is 1. The fourth-order valence-corrected chi connectivity index (χ4v) is 3.40. The largest absolute Gasteiger partial charge is 0.377 e. The molecule has 1 aliphatic rings. The smallest absolute Gasteiger partial charge is 0.241 e. The number of thiophene rings is 1. The molecule has 0 spiro atoms. The lowest BCUT2D eigenvalue weighted by atomic mass is 9.99. The highest BCUT2D eigenvalue weighted by molar-refractivity contribution is 7.10. The molecule has 4 nitrogen and oxygen atoms in total. The van der Waals surface area contributed by atoms with Crippen LogP contribution in [-0.4, -0.2) is 36.1 Å². The van der Waals surface area contributed by atoms with Crippen molar-refractivity contribution in [3.8, 4) is 0 Å². The van der Waals surface area contributed by atoms with Gasteiger partial charge in [-0.1, -0.05) is 26.3 Å². The third-order valence-corrected chi connectivity index (χ3v) is 5.25. The van der Waals surface area contributed by atoms with E-state index in [0.717, 1.165) is 6.42 Å². The number of nitrogens with zero attached hydrogens (tertiary/aromatic N) is 1. The maximum absolute atomic E-state index is 12.8. The standard InChI is InChI=1S/C16H26N2O2S/c1-6-11(2)13-15(19)18(10-16(3,4)20-5)14(17-13)12-8-7-9-21-12/h7-9,11,13-14,17H,6,10H2,1-5H3. The summed E-state index contributed by atoms with van der Waals surface area (Å²) in [6, 6.07) is 4.01. The molecule has 2 rings (SSSR count). The number of carbonyl (C=O) groups is 1. The van der Waals surface area contributed by atoms with E-state index in [1.54, 1.807) is 18.4 Å². The highest BCUT2D eigenvalue weighted by Crippen LogP contribution is 2.32. The molecule has 118 valence electrons. The molecule has 0 radical (unpaired) electrons. The molecule has 21 heavy (non-hydrogen) atoms. The van der Waals surface area contributed by atoms with E-state index in [4.69, 9.17) is 4.74 Å². The molecule has 0 saturated carbocycles. The summed E-state index contributed by atoms with van der Waals surface area (Å²) in [6.45, 7) is 8.88. The number of hydrogen-bond acceptors (Lipinski definition) is 4. The van der Waals surface area contributed by atoms with Crippen LogP contribution in [0.4, 0.5) is 0 Å². The number of ether oxygens (including phenoxy) is 1. The quantitative estimate of drug-likeness (QED) is 0.878. The summed E-state index contributed by atoms with van der Waals surface area (Å²) in [6.07, 6.45) is 0.952. The lowest BCUT2D eigenvalue weighted by Gasteiger charge is -2.32. The van der Waals surface area contributed by atoms with Gasteiger partial charge in [-0.2, -0.15) is 0 Å². The van der Waals surface area contributed by atoms with Gasteiger partial charge in [0.1, 0.15) is 6.17 Å². The molecule has 1 aliphatic heterocycles. The van der Waals surface area contributed by atoms with Gasteiger partial charge >= 0.3 is 0 Å². The molecule has 1 amide bonds. The lowest BCUT2D eigenvalue weighted by molar-refractivity contribution is -0.134. The van der Waals surface area contributed by atoms with Crippen LogP contribution in [-0.2, 0) is 9.53 Å². The molecule has 5 heteroatoms. The Labute approximate surface area is 131 Å². The topological polar surface area (TPSA) is 41.6 Å². The molecular weight excluding hydrogens is 284 g/mol. The molecule has 0 aromatic carbocycles. The summed E-state index contributed by atoms with van der Waals surface area (Å²) in [5.41, 5.74) is -0.350. The summed E-state index contributed by atoms with van der Waals surface area (Å²) in [7, 11) is 1.69. The van der Waals surface area contributed by atoms with Crippen molar-refractivity contribution in [3.05, 3.63) is 22.4 Å². The molecule has 1 aromatic heterocycles. The zero-order valence-electron chi connectivity index (χ0n) is 13.6. The SMILES string of the molecule is CCC(C)C1NC(c2cccs2)N(CC(C)(C)OC)C1=O. The number of rotatable bonds is 6. The highest BCUT2D eigenvalue weighted by Gasteiger charge is 2.43. The Kier molecular flexibility index (Phi) is 5.07. The summed E-state index contributed by atoms with van der Waals surface area (Å²) >= 11 is 1.68. The van der Waals surface area contributed by atoms with Crippen molar-refractivity contribution in [2.75, 3.05) is 13.7 Å². The average molecular weight is 310 g/mol. The van der Waals surface area contributed by atoms with E-state index >= 15 is 0 Å². The predicted octanol–water partition coefficient (Wildman–Crippen LogP) is 3.02. The fourth-order valence-electron chi connectivity index (χ4n) is 2.61. The van der Waals surface area contributed by atoms with Crippen molar-refractivity contribution in [2.24, 2.45) is 5.92 Å². The van der Waals surface area contributed by atoms with E-state index in [2.05, 4.69) is 30.6 Å². The van der Waals surface area contributed by atoms with Crippen LogP contribution in [0, 0.1) is 5.92 Å². The van der Waals surface area contributed by atoms with E-state index in [0.29, 0.717) is 12.5 Å². The van der Waals surface area contributed by atoms with Gasteiger partial charge in [0.15, 0.2) is 0 Å². The second-order valence-corrected chi connectivity index (χ2v) is 7.36. The first-order valence-electron chi connectivity index (χ1n) is 7.54. The number of hydrogen-bond donors (Lipinski definition) is 1. The molecule has 1 aromatic rings. The van der Waals surface area contributed by atoms with Crippen molar-refractivity contribution < 1.29 is 9.53 Å². The van der Waals surface area contributed by atoms with Crippen LogP contribution in [0.5, 0.6) is 0 Å². The first-order chi connectivity index (χ1) is 9.89.